The Labute approximate surface area is 184 Å². The lowest BCUT2D eigenvalue weighted by Crippen LogP contribution is -2.34. The number of ether oxygens (including phenoxy) is 3. The van der Waals surface area contributed by atoms with Crippen LogP contribution in [0.1, 0.15) is 0 Å². The largest absolute Gasteiger partial charge is 0.493 e. The topological polar surface area (TPSA) is 91.7 Å². The molecule has 0 unspecified atom stereocenters. The molecule has 0 radical (unpaired) electrons. The first-order valence-corrected chi connectivity index (χ1v) is 9.84. The van der Waals surface area contributed by atoms with Gasteiger partial charge in [0.2, 0.25) is 0 Å². The molecule has 0 fully saturated rings. The molecule has 162 valence electrons. The monoisotopic (exact) mass is 443 g/mol. The maximum Gasteiger partial charge on any atom is 0.266 e. The fourth-order valence-corrected chi connectivity index (χ4v) is 3.01. The van der Waals surface area contributed by atoms with Gasteiger partial charge in [-0.1, -0.05) is 23.7 Å². The number of aromatic nitrogens is 2. The number of carbonyl (C=O) groups is 1. The van der Waals surface area contributed by atoms with Gasteiger partial charge in [-0.2, -0.15) is 5.10 Å². The summed E-state index contributed by atoms with van der Waals surface area (Å²) in [6.07, 6.45) is 0. The Balaban J connectivity index is 1.60. The average molecular weight is 444 g/mol. The van der Waals surface area contributed by atoms with Crippen molar-refractivity contribution in [3.63, 3.8) is 0 Å². The van der Waals surface area contributed by atoms with Gasteiger partial charge in [0, 0.05) is 18.2 Å². The average Bonchev–Trinajstić information content (AvgIpc) is 2.79. The van der Waals surface area contributed by atoms with E-state index in [1.54, 1.807) is 56.7 Å². The summed E-state index contributed by atoms with van der Waals surface area (Å²) in [5.41, 5.74) is 1.09. The van der Waals surface area contributed by atoms with Crippen LogP contribution in [0.2, 0.25) is 5.02 Å². The lowest BCUT2D eigenvalue weighted by Gasteiger charge is -2.11. The van der Waals surface area contributed by atoms with E-state index < -0.39 is 0 Å². The second-order valence-electron chi connectivity index (χ2n) is 6.42. The summed E-state index contributed by atoms with van der Waals surface area (Å²) >= 11 is 5.99. The number of hydrogen-bond donors (Lipinski definition) is 1. The molecule has 0 saturated carbocycles. The van der Waals surface area contributed by atoms with Crippen LogP contribution in [-0.2, 0) is 11.3 Å². The molecule has 1 amide bonds. The quantitative estimate of drug-likeness (QED) is 0.546. The summed E-state index contributed by atoms with van der Waals surface area (Å²) in [5.74, 6) is 1.26. The van der Waals surface area contributed by atoms with Crippen LogP contribution in [0.5, 0.6) is 17.2 Å². The summed E-state index contributed by atoms with van der Waals surface area (Å²) in [5, 5.41) is 7.51. The maximum absolute atomic E-state index is 12.2. The lowest BCUT2D eigenvalue weighted by atomic mass is 10.1. The smallest absolute Gasteiger partial charge is 0.266 e. The number of amides is 1. The van der Waals surface area contributed by atoms with E-state index in [4.69, 9.17) is 25.8 Å². The molecule has 0 spiro atoms. The van der Waals surface area contributed by atoms with E-state index in [0.717, 1.165) is 5.56 Å². The second-order valence-corrected chi connectivity index (χ2v) is 6.83. The first-order chi connectivity index (χ1) is 15.0. The van der Waals surface area contributed by atoms with Crippen LogP contribution in [0.3, 0.4) is 0 Å². The number of hydrogen-bond acceptors (Lipinski definition) is 6. The molecule has 0 atom stereocenters. The van der Waals surface area contributed by atoms with Crippen LogP contribution in [0.4, 0.5) is 0 Å². The summed E-state index contributed by atoms with van der Waals surface area (Å²) in [4.78, 5) is 24.2. The molecule has 8 nitrogen and oxygen atoms in total. The standard InChI is InChI=1S/C22H22ClN3O5/c1-29-19-9-7-15(13-20(19)30-2)17-8-10-22(28)26(25-17)12-11-24-21(27)14-31-18-6-4-3-5-16(18)23/h3-10,13H,11-12,14H2,1-2H3,(H,24,27). The van der Waals surface area contributed by atoms with Crippen molar-refractivity contribution < 1.29 is 19.0 Å². The molecule has 9 heteroatoms. The van der Waals surface area contributed by atoms with E-state index in [1.165, 1.54) is 10.7 Å². The molecule has 31 heavy (non-hydrogen) atoms. The Morgan fingerprint density at radius 3 is 2.55 bits per heavy atom. The Hall–Kier alpha value is -3.52. The number of halogens is 1. The van der Waals surface area contributed by atoms with E-state index in [9.17, 15) is 9.59 Å². The highest BCUT2D eigenvalue weighted by Crippen LogP contribution is 2.31. The van der Waals surface area contributed by atoms with Gasteiger partial charge in [0.15, 0.2) is 18.1 Å². The molecule has 3 aromatic rings. The molecule has 1 N–H and O–H groups in total. The zero-order chi connectivity index (χ0) is 22.2. The van der Waals surface area contributed by atoms with Crippen molar-refractivity contribution in [3.8, 4) is 28.5 Å². The Bertz CT molecular complexity index is 1120. The van der Waals surface area contributed by atoms with Crippen molar-refractivity contribution >= 4 is 17.5 Å². The normalized spacial score (nSPS) is 10.4. The van der Waals surface area contributed by atoms with Gasteiger partial charge < -0.3 is 19.5 Å². The molecule has 0 saturated heterocycles. The van der Waals surface area contributed by atoms with Gasteiger partial charge in [-0.25, -0.2) is 4.68 Å². The van der Waals surface area contributed by atoms with Crippen molar-refractivity contribution in [2.75, 3.05) is 27.4 Å². The molecule has 3 rings (SSSR count). The third-order valence-corrected chi connectivity index (χ3v) is 4.70. The van der Waals surface area contributed by atoms with Crippen LogP contribution in [0, 0.1) is 0 Å². The highest BCUT2D eigenvalue weighted by atomic mass is 35.5. The van der Waals surface area contributed by atoms with Crippen LogP contribution >= 0.6 is 11.6 Å². The molecule has 2 aromatic carbocycles. The fraction of sp³-hybridized carbons (Fsp3) is 0.227. The maximum atomic E-state index is 12.2. The lowest BCUT2D eigenvalue weighted by molar-refractivity contribution is -0.123. The summed E-state index contributed by atoms with van der Waals surface area (Å²) < 4.78 is 17.2. The van der Waals surface area contributed by atoms with Crippen molar-refractivity contribution in [2.45, 2.75) is 6.54 Å². The van der Waals surface area contributed by atoms with E-state index in [2.05, 4.69) is 10.4 Å². The third kappa shape index (κ3) is 5.76. The van der Waals surface area contributed by atoms with Gasteiger partial charge in [-0.3, -0.25) is 9.59 Å². The SMILES string of the molecule is COc1ccc(-c2ccc(=O)n(CCNC(=O)COc3ccccc3Cl)n2)cc1OC. The first-order valence-electron chi connectivity index (χ1n) is 9.46. The number of nitrogens with zero attached hydrogens (tertiary/aromatic N) is 2. The minimum absolute atomic E-state index is 0.183. The van der Waals surface area contributed by atoms with Gasteiger partial charge in [0.25, 0.3) is 11.5 Å². The zero-order valence-corrected chi connectivity index (χ0v) is 17.9. The number of benzene rings is 2. The Morgan fingerprint density at radius 1 is 1.03 bits per heavy atom. The van der Waals surface area contributed by atoms with Crippen LogP contribution in [0.25, 0.3) is 11.3 Å². The molecule has 0 bridgehead atoms. The van der Waals surface area contributed by atoms with E-state index in [-0.39, 0.29) is 31.2 Å². The number of nitrogens with one attached hydrogen (secondary N) is 1. The van der Waals surface area contributed by atoms with Gasteiger partial charge in [0.1, 0.15) is 5.75 Å². The number of carbonyl (C=O) groups excluding carboxylic acids is 1. The van der Waals surface area contributed by atoms with Gasteiger partial charge in [0.05, 0.1) is 31.5 Å². The van der Waals surface area contributed by atoms with Crippen molar-refractivity contribution in [1.29, 1.82) is 0 Å². The second kappa shape index (κ2) is 10.5. The number of para-hydroxylation sites is 1. The fourth-order valence-electron chi connectivity index (χ4n) is 2.82. The predicted molar refractivity (Wildman–Crippen MR) is 117 cm³/mol. The van der Waals surface area contributed by atoms with Gasteiger partial charge >= 0.3 is 0 Å². The number of rotatable bonds is 9. The van der Waals surface area contributed by atoms with Gasteiger partial charge in [-0.05, 0) is 36.4 Å². The zero-order valence-electron chi connectivity index (χ0n) is 17.1. The van der Waals surface area contributed by atoms with E-state index in [0.29, 0.717) is 28.0 Å². The third-order valence-electron chi connectivity index (χ3n) is 4.39. The van der Waals surface area contributed by atoms with Crippen LogP contribution in [0.15, 0.2) is 59.4 Å². The minimum atomic E-state index is -0.330. The molecular formula is C22H22ClN3O5. The summed E-state index contributed by atoms with van der Waals surface area (Å²) in [7, 11) is 3.11. The minimum Gasteiger partial charge on any atom is -0.493 e. The molecule has 1 heterocycles. The Kier molecular flexibility index (Phi) is 7.50. The van der Waals surface area contributed by atoms with E-state index >= 15 is 0 Å². The molecule has 1 aromatic heterocycles. The van der Waals surface area contributed by atoms with Crippen LogP contribution < -0.4 is 25.1 Å². The van der Waals surface area contributed by atoms with Crippen molar-refractivity contribution in [3.05, 3.63) is 70.0 Å². The molecule has 0 aliphatic heterocycles. The highest BCUT2D eigenvalue weighted by molar-refractivity contribution is 6.32. The molecular weight excluding hydrogens is 422 g/mol. The highest BCUT2D eigenvalue weighted by Gasteiger charge is 2.10. The Morgan fingerprint density at radius 2 is 1.81 bits per heavy atom. The predicted octanol–water partition coefficient (Wildman–Crippen LogP) is 2.78. The van der Waals surface area contributed by atoms with Crippen LogP contribution in [-0.4, -0.2) is 43.1 Å². The van der Waals surface area contributed by atoms with E-state index in [1.807, 2.05) is 6.07 Å². The molecule has 0 aliphatic rings. The van der Waals surface area contributed by atoms with Crippen molar-refractivity contribution in [1.82, 2.24) is 15.1 Å². The molecule has 0 aliphatic carbocycles. The van der Waals surface area contributed by atoms with Gasteiger partial charge in [-0.15, -0.1) is 0 Å². The number of methoxy groups -OCH3 is 2. The first kappa shape index (κ1) is 22.2. The summed E-state index contributed by atoms with van der Waals surface area (Å²) in [6, 6.07) is 15.3. The summed E-state index contributed by atoms with van der Waals surface area (Å²) in [6.45, 7) is 0.239. The van der Waals surface area contributed by atoms with Crippen molar-refractivity contribution in [2.24, 2.45) is 0 Å².